The molecule has 0 fully saturated rings. The number of amides is 2. The molecule has 0 aliphatic heterocycles. The van der Waals surface area contributed by atoms with E-state index in [2.05, 4.69) is 10.6 Å². The predicted molar refractivity (Wildman–Crippen MR) is 106 cm³/mol. The Bertz CT molecular complexity index is 936. The average Bonchev–Trinajstić information content (AvgIpc) is 2.75. The van der Waals surface area contributed by atoms with Gasteiger partial charge in [0.15, 0.2) is 0 Å². The first kappa shape index (κ1) is 20.1. The van der Waals surface area contributed by atoms with Gasteiger partial charge >= 0.3 is 0 Å². The molecule has 3 rings (SSSR count). The van der Waals surface area contributed by atoms with Gasteiger partial charge in [-0.25, -0.2) is 0 Å². The third-order valence-electron chi connectivity index (χ3n) is 4.81. The maximum atomic E-state index is 12.5. The lowest BCUT2D eigenvalue weighted by Crippen LogP contribution is -2.41. The van der Waals surface area contributed by atoms with E-state index in [0.717, 1.165) is 0 Å². The number of carboxylic acids is 1. The van der Waals surface area contributed by atoms with Gasteiger partial charge in [-0.3, -0.25) is 9.59 Å². The number of methoxy groups -OCH3 is 1. The van der Waals surface area contributed by atoms with Crippen molar-refractivity contribution in [2.24, 2.45) is 11.8 Å². The molecule has 0 unspecified atom stereocenters. The molecule has 150 valence electrons. The minimum absolute atomic E-state index is 0.286. The smallest absolute Gasteiger partial charge is 0.255 e. The van der Waals surface area contributed by atoms with Crippen LogP contribution in [0.3, 0.4) is 0 Å². The molecule has 0 bridgehead atoms. The monoisotopic (exact) mass is 393 g/mol. The molecule has 2 aromatic rings. The Morgan fingerprint density at radius 3 is 2.17 bits per heavy atom. The largest absolute Gasteiger partial charge is 0.550 e. The van der Waals surface area contributed by atoms with Gasteiger partial charge in [0.2, 0.25) is 5.91 Å². The molecule has 0 heterocycles. The maximum Gasteiger partial charge on any atom is 0.255 e. The zero-order valence-corrected chi connectivity index (χ0v) is 15.9. The summed E-state index contributed by atoms with van der Waals surface area (Å²) in [6.07, 6.45) is 4.21. The summed E-state index contributed by atoms with van der Waals surface area (Å²) in [5.74, 6) is -2.78. The second-order valence-corrected chi connectivity index (χ2v) is 6.73. The quantitative estimate of drug-likeness (QED) is 0.732. The van der Waals surface area contributed by atoms with E-state index < -0.39 is 17.8 Å². The number of anilines is 2. The normalized spacial score (nSPS) is 18.0. The second kappa shape index (κ2) is 9.05. The SMILES string of the molecule is COc1cccc(C(=O)Nc2ccc(NC(=O)[C@H]3CC=CC[C@H]3C(=O)[O-])cc2)c1. The fraction of sp³-hybridized carbons (Fsp3) is 0.227. The fourth-order valence-corrected chi connectivity index (χ4v) is 3.20. The maximum absolute atomic E-state index is 12.5. The van der Waals surface area contributed by atoms with Gasteiger partial charge in [0.25, 0.3) is 5.91 Å². The first-order chi connectivity index (χ1) is 14.0. The number of carboxylic acid groups (broad SMARTS) is 1. The third kappa shape index (κ3) is 5.01. The van der Waals surface area contributed by atoms with E-state index in [4.69, 9.17) is 4.74 Å². The van der Waals surface area contributed by atoms with Crippen molar-refractivity contribution in [1.82, 2.24) is 0 Å². The van der Waals surface area contributed by atoms with Crippen LogP contribution < -0.4 is 20.5 Å². The number of carbonyl (C=O) groups excluding carboxylic acids is 3. The number of carbonyl (C=O) groups is 3. The Hall–Kier alpha value is -3.61. The van der Waals surface area contributed by atoms with E-state index in [1.807, 2.05) is 0 Å². The zero-order chi connectivity index (χ0) is 20.8. The third-order valence-corrected chi connectivity index (χ3v) is 4.81. The number of benzene rings is 2. The molecule has 2 aromatic carbocycles. The Morgan fingerprint density at radius 2 is 1.55 bits per heavy atom. The number of ether oxygens (including phenoxy) is 1. The van der Waals surface area contributed by atoms with Gasteiger partial charge in [-0.05, 0) is 55.3 Å². The molecule has 0 saturated carbocycles. The zero-order valence-electron chi connectivity index (χ0n) is 15.9. The second-order valence-electron chi connectivity index (χ2n) is 6.73. The lowest BCUT2D eigenvalue weighted by Gasteiger charge is -2.28. The van der Waals surface area contributed by atoms with E-state index in [1.165, 1.54) is 7.11 Å². The molecule has 7 heteroatoms. The van der Waals surface area contributed by atoms with E-state index in [9.17, 15) is 19.5 Å². The van der Waals surface area contributed by atoms with Gasteiger partial charge < -0.3 is 25.3 Å². The summed E-state index contributed by atoms with van der Waals surface area (Å²) in [4.78, 5) is 36.1. The molecular formula is C22H21N2O5-. The van der Waals surface area contributed by atoms with Crippen molar-refractivity contribution in [3.63, 3.8) is 0 Å². The molecule has 1 aliphatic rings. The van der Waals surface area contributed by atoms with Crippen molar-refractivity contribution in [2.75, 3.05) is 17.7 Å². The highest BCUT2D eigenvalue weighted by Crippen LogP contribution is 2.27. The molecule has 2 atom stereocenters. The number of rotatable bonds is 6. The molecule has 0 saturated heterocycles. The van der Waals surface area contributed by atoms with Gasteiger partial charge in [-0.1, -0.05) is 18.2 Å². The summed E-state index contributed by atoms with van der Waals surface area (Å²) in [7, 11) is 1.53. The van der Waals surface area contributed by atoms with Crippen molar-refractivity contribution in [3.8, 4) is 5.75 Å². The Labute approximate surface area is 168 Å². The molecule has 2 amide bonds. The van der Waals surface area contributed by atoms with Crippen LogP contribution in [0.1, 0.15) is 23.2 Å². The Kier molecular flexibility index (Phi) is 6.29. The van der Waals surface area contributed by atoms with Crippen molar-refractivity contribution in [2.45, 2.75) is 12.8 Å². The van der Waals surface area contributed by atoms with Crippen LogP contribution in [-0.4, -0.2) is 24.9 Å². The minimum Gasteiger partial charge on any atom is -0.550 e. The number of hydrogen-bond donors (Lipinski definition) is 2. The van der Waals surface area contributed by atoms with Crippen LogP contribution in [0.15, 0.2) is 60.7 Å². The molecule has 0 spiro atoms. The van der Waals surface area contributed by atoms with Crippen LogP contribution in [-0.2, 0) is 9.59 Å². The first-order valence-corrected chi connectivity index (χ1v) is 9.20. The summed E-state index contributed by atoms with van der Waals surface area (Å²) in [5, 5.41) is 16.8. The number of hydrogen-bond acceptors (Lipinski definition) is 5. The molecule has 2 N–H and O–H groups in total. The molecule has 0 aromatic heterocycles. The standard InChI is InChI=1S/C22H22N2O5/c1-29-17-6-4-5-14(13-17)20(25)23-15-9-11-16(12-10-15)24-21(26)18-7-2-3-8-19(18)22(27)28/h2-6,9-13,18-19H,7-8H2,1H3,(H,23,25)(H,24,26)(H,27,28)/p-1/t18-,19+/m0/s1. The Balaban J connectivity index is 1.62. The van der Waals surface area contributed by atoms with Crippen molar-refractivity contribution in [3.05, 3.63) is 66.2 Å². The van der Waals surface area contributed by atoms with E-state index in [1.54, 1.807) is 60.7 Å². The number of aliphatic carboxylic acids is 1. The van der Waals surface area contributed by atoms with Crippen LogP contribution >= 0.6 is 0 Å². The number of nitrogens with one attached hydrogen (secondary N) is 2. The van der Waals surface area contributed by atoms with Crippen LogP contribution in [0.5, 0.6) is 5.75 Å². The molecule has 1 aliphatic carbocycles. The average molecular weight is 393 g/mol. The number of allylic oxidation sites excluding steroid dienone is 2. The van der Waals surface area contributed by atoms with Gasteiger partial charge in [-0.15, -0.1) is 0 Å². The van der Waals surface area contributed by atoms with Crippen LogP contribution in [0.25, 0.3) is 0 Å². The fourth-order valence-electron chi connectivity index (χ4n) is 3.20. The molecule has 7 nitrogen and oxygen atoms in total. The Morgan fingerprint density at radius 1 is 0.931 bits per heavy atom. The topological polar surface area (TPSA) is 108 Å². The van der Waals surface area contributed by atoms with E-state index >= 15 is 0 Å². The summed E-state index contributed by atoms with van der Waals surface area (Å²) < 4.78 is 5.12. The van der Waals surface area contributed by atoms with Crippen LogP contribution in [0.2, 0.25) is 0 Å². The predicted octanol–water partition coefficient (Wildman–Crippen LogP) is 2.22. The van der Waals surface area contributed by atoms with E-state index in [-0.39, 0.29) is 18.2 Å². The molecular weight excluding hydrogens is 372 g/mol. The van der Waals surface area contributed by atoms with Gasteiger partial charge in [0.1, 0.15) is 5.75 Å². The molecule has 0 radical (unpaired) electrons. The minimum atomic E-state index is -1.22. The molecule has 29 heavy (non-hydrogen) atoms. The highest BCUT2D eigenvalue weighted by molar-refractivity contribution is 6.04. The summed E-state index contributed by atoms with van der Waals surface area (Å²) in [5.41, 5.74) is 1.53. The van der Waals surface area contributed by atoms with Gasteiger partial charge in [0.05, 0.1) is 13.0 Å². The lowest BCUT2D eigenvalue weighted by atomic mass is 9.82. The van der Waals surface area contributed by atoms with Crippen molar-refractivity contribution in [1.29, 1.82) is 0 Å². The van der Waals surface area contributed by atoms with Crippen LogP contribution in [0, 0.1) is 11.8 Å². The first-order valence-electron chi connectivity index (χ1n) is 9.20. The van der Waals surface area contributed by atoms with E-state index in [0.29, 0.717) is 29.1 Å². The highest BCUT2D eigenvalue weighted by Gasteiger charge is 2.29. The summed E-state index contributed by atoms with van der Waals surface area (Å²) in [6, 6.07) is 13.4. The summed E-state index contributed by atoms with van der Waals surface area (Å²) in [6.45, 7) is 0. The summed E-state index contributed by atoms with van der Waals surface area (Å²) >= 11 is 0. The van der Waals surface area contributed by atoms with Gasteiger partial charge in [0, 0.05) is 28.8 Å². The highest BCUT2D eigenvalue weighted by atomic mass is 16.5. The lowest BCUT2D eigenvalue weighted by molar-refractivity contribution is -0.313. The van der Waals surface area contributed by atoms with Crippen molar-refractivity contribution < 1.29 is 24.2 Å². The van der Waals surface area contributed by atoms with Crippen molar-refractivity contribution >= 4 is 29.2 Å². The van der Waals surface area contributed by atoms with Crippen LogP contribution in [0.4, 0.5) is 11.4 Å². The van der Waals surface area contributed by atoms with Gasteiger partial charge in [-0.2, -0.15) is 0 Å².